The van der Waals surface area contributed by atoms with E-state index in [0.29, 0.717) is 0 Å². The fourth-order valence-electron chi connectivity index (χ4n) is 3.55. The first-order chi connectivity index (χ1) is 10.8. The minimum absolute atomic E-state index is 0.190. The van der Waals surface area contributed by atoms with Crippen LogP contribution in [-0.2, 0) is 0 Å². The summed E-state index contributed by atoms with van der Waals surface area (Å²) in [6.45, 7) is 2.15. The van der Waals surface area contributed by atoms with Gasteiger partial charge < -0.3 is 0 Å². The number of benzene rings is 3. The second-order valence-corrected chi connectivity index (χ2v) is 5.81. The SMILES string of the molecule is CC1=Cc2ccccc2C1c1ccc2ccccc2c1C#N. The van der Waals surface area contributed by atoms with E-state index in [1.165, 1.54) is 16.7 Å². The zero-order valence-corrected chi connectivity index (χ0v) is 12.4. The lowest BCUT2D eigenvalue weighted by molar-refractivity contribution is 0.974. The highest BCUT2D eigenvalue weighted by atomic mass is 14.3. The summed E-state index contributed by atoms with van der Waals surface area (Å²) in [7, 11) is 0. The lowest BCUT2D eigenvalue weighted by Gasteiger charge is -2.18. The minimum atomic E-state index is 0.190. The molecule has 0 spiro atoms. The standard InChI is InChI=1S/C21H15N/c1-14-12-16-7-3-5-9-18(16)21(14)19-11-10-15-6-2-4-8-17(15)20(19)13-22/h2-12,21H,1H3. The molecule has 0 heterocycles. The van der Waals surface area contributed by atoms with Crippen molar-refractivity contribution in [3.8, 4) is 6.07 Å². The average Bonchev–Trinajstić information content (AvgIpc) is 2.89. The Balaban J connectivity index is 2.00. The molecule has 104 valence electrons. The maximum Gasteiger partial charge on any atom is 0.100 e. The fourth-order valence-corrected chi connectivity index (χ4v) is 3.55. The van der Waals surface area contributed by atoms with E-state index in [2.05, 4.69) is 61.5 Å². The highest BCUT2D eigenvalue weighted by molar-refractivity contribution is 5.90. The smallest absolute Gasteiger partial charge is 0.100 e. The van der Waals surface area contributed by atoms with Crippen LogP contribution in [-0.4, -0.2) is 0 Å². The summed E-state index contributed by atoms with van der Waals surface area (Å²) in [5.74, 6) is 0.190. The van der Waals surface area contributed by atoms with Gasteiger partial charge in [0, 0.05) is 5.92 Å². The van der Waals surface area contributed by atoms with E-state index in [1.807, 2.05) is 18.2 Å². The number of rotatable bonds is 1. The highest BCUT2D eigenvalue weighted by Gasteiger charge is 2.26. The van der Waals surface area contributed by atoms with E-state index in [0.717, 1.165) is 21.9 Å². The summed E-state index contributed by atoms with van der Waals surface area (Å²) >= 11 is 0. The monoisotopic (exact) mass is 281 g/mol. The van der Waals surface area contributed by atoms with Crippen LogP contribution in [0.15, 0.2) is 66.2 Å². The van der Waals surface area contributed by atoms with Crippen molar-refractivity contribution < 1.29 is 0 Å². The maximum atomic E-state index is 9.74. The van der Waals surface area contributed by atoms with Crippen molar-refractivity contribution in [2.75, 3.05) is 0 Å². The maximum absolute atomic E-state index is 9.74. The van der Waals surface area contributed by atoms with Crippen LogP contribution in [0, 0.1) is 11.3 Å². The van der Waals surface area contributed by atoms with Gasteiger partial charge >= 0.3 is 0 Å². The Kier molecular flexibility index (Phi) is 2.84. The van der Waals surface area contributed by atoms with E-state index in [-0.39, 0.29) is 5.92 Å². The molecule has 0 N–H and O–H groups in total. The molecule has 0 fully saturated rings. The molecule has 3 aromatic rings. The molecule has 1 atom stereocenters. The second-order valence-electron chi connectivity index (χ2n) is 5.81. The molecular formula is C21H15N. The molecule has 0 aliphatic heterocycles. The molecule has 0 saturated heterocycles. The molecule has 0 aromatic heterocycles. The summed E-state index contributed by atoms with van der Waals surface area (Å²) in [6, 6.07) is 23.2. The number of allylic oxidation sites excluding steroid dienone is 1. The third kappa shape index (κ3) is 1.78. The number of nitrogens with zero attached hydrogens (tertiary/aromatic N) is 1. The molecule has 0 amide bonds. The number of hydrogen-bond donors (Lipinski definition) is 0. The van der Waals surface area contributed by atoms with E-state index in [4.69, 9.17) is 0 Å². The Bertz CT molecular complexity index is 957. The summed E-state index contributed by atoms with van der Waals surface area (Å²) in [5, 5.41) is 11.9. The van der Waals surface area contributed by atoms with Crippen LogP contribution in [0.1, 0.15) is 35.1 Å². The summed E-state index contributed by atoms with van der Waals surface area (Å²) in [4.78, 5) is 0. The number of nitriles is 1. The molecular weight excluding hydrogens is 266 g/mol. The summed E-state index contributed by atoms with van der Waals surface area (Å²) < 4.78 is 0. The van der Waals surface area contributed by atoms with Crippen molar-refractivity contribution in [2.45, 2.75) is 12.8 Å². The van der Waals surface area contributed by atoms with Gasteiger partial charge in [-0.2, -0.15) is 5.26 Å². The molecule has 1 nitrogen and oxygen atoms in total. The molecule has 0 saturated carbocycles. The van der Waals surface area contributed by atoms with Crippen molar-refractivity contribution in [1.82, 2.24) is 0 Å². The Morgan fingerprint density at radius 2 is 1.64 bits per heavy atom. The van der Waals surface area contributed by atoms with Crippen molar-refractivity contribution in [2.24, 2.45) is 0 Å². The quantitative estimate of drug-likeness (QED) is 0.597. The molecule has 0 bridgehead atoms. The molecule has 1 aliphatic carbocycles. The zero-order valence-electron chi connectivity index (χ0n) is 12.4. The van der Waals surface area contributed by atoms with Gasteiger partial charge in [-0.25, -0.2) is 0 Å². The van der Waals surface area contributed by atoms with E-state index >= 15 is 0 Å². The van der Waals surface area contributed by atoms with Gasteiger partial charge in [-0.15, -0.1) is 0 Å². The number of hydrogen-bond acceptors (Lipinski definition) is 1. The topological polar surface area (TPSA) is 23.8 Å². The van der Waals surface area contributed by atoms with Gasteiger partial charge in [0.05, 0.1) is 5.56 Å². The van der Waals surface area contributed by atoms with E-state index < -0.39 is 0 Å². The molecule has 1 aliphatic rings. The average molecular weight is 281 g/mol. The van der Waals surface area contributed by atoms with Gasteiger partial charge in [-0.05, 0) is 34.4 Å². The molecule has 1 heteroatoms. The molecule has 1 unspecified atom stereocenters. The van der Waals surface area contributed by atoms with Crippen LogP contribution >= 0.6 is 0 Å². The van der Waals surface area contributed by atoms with Gasteiger partial charge in [0.1, 0.15) is 6.07 Å². The number of fused-ring (bicyclic) bond motifs is 2. The van der Waals surface area contributed by atoms with E-state index in [9.17, 15) is 5.26 Å². The molecule has 4 rings (SSSR count). The predicted octanol–water partition coefficient (Wildman–Crippen LogP) is 5.26. The van der Waals surface area contributed by atoms with Crippen LogP contribution in [0.2, 0.25) is 0 Å². The third-order valence-corrected chi connectivity index (χ3v) is 4.53. The second kappa shape index (κ2) is 4.86. The third-order valence-electron chi connectivity index (χ3n) is 4.53. The molecule has 22 heavy (non-hydrogen) atoms. The molecule has 3 aromatic carbocycles. The summed E-state index contributed by atoms with van der Waals surface area (Å²) in [6.07, 6.45) is 2.23. The van der Waals surface area contributed by atoms with Crippen LogP contribution < -0.4 is 0 Å². The van der Waals surface area contributed by atoms with Crippen molar-refractivity contribution in [3.63, 3.8) is 0 Å². The van der Waals surface area contributed by atoms with Gasteiger partial charge in [0.25, 0.3) is 0 Å². The lowest BCUT2D eigenvalue weighted by atomic mass is 9.84. The van der Waals surface area contributed by atoms with Crippen LogP contribution in [0.3, 0.4) is 0 Å². The van der Waals surface area contributed by atoms with Gasteiger partial charge in [-0.3, -0.25) is 0 Å². The fraction of sp³-hybridized carbons (Fsp3) is 0.0952. The van der Waals surface area contributed by atoms with Gasteiger partial charge in [0.2, 0.25) is 0 Å². The van der Waals surface area contributed by atoms with Crippen molar-refractivity contribution in [3.05, 3.63) is 88.5 Å². The van der Waals surface area contributed by atoms with Crippen molar-refractivity contribution >= 4 is 16.8 Å². The van der Waals surface area contributed by atoms with Gasteiger partial charge in [-0.1, -0.05) is 72.3 Å². The Morgan fingerprint density at radius 1 is 0.864 bits per heavy atom. The van der Waals surface area contributed by atoms with E-state index in [1.54, 1.807) is 0 Å². The van der Waals surface area contributed by atoms with Gasteiger partial charge in [0.15, 0.2) is 0 Å². The van der Waals surface area contributed by atoms with Crippen LogP contribution in [0.4, 0.5) is 0 Å². The summed E-state index contributed by atoms with van der Waals surface area (Å²) in [5.41, 5.74) is 5.77. The molecule has 0 radical (unpaired) electrons. The Labute approximate surface area is 130 Å². The first-order valence-electron chi connectivity index (χ1n) is 7.48. The normalized spacial score (nSPS) is 16.2. The van der Waals surface area contributed by atoms with Crippen LogP contribution in [0.5, 0.6) is 0 Å². The van der Waals surface area contributed by atoms with Crippen molar-refractivity contribution in [1.29, 1.82) is 5.26 Å². The highest BCUT2D eigenvalue weighted by Crippen LogP contribution is 2.42. The largest absolute Gasteiger partial charge is 0.192 e. The lowest BCUT2D eigenvalue weighted by Crippen LogP contribution is -2.03. The Hall–Kier alpha value is -2.85. The first kappa shape index (κ1) is 12.9. The minimum Gasteiger partial charge on any atom is -0.192 e. The Morgan fingerprint density at radius 3 is 2.50 bits per heavy atom. The predicted molar refractivity (Wildman–Crippen MR) is 90.6 cm³/mol. The first-order valence-corrected chi connectivity index (χ1v) is 7.48. The van der Waals surface area contributed by atoms with Crippen LogP contribution in [0.25, 0.3) is 16.8 Å². The zero-order chi connectivity index (χ0) is 15.1.